The van der Waals surface area contributed by atoms with Gasteiger partial charge in [0, 0.05) is 13.1 Å². The zero-order valence-electron chi connectivity index (χ0n) is 14.1. The highest BCUT2D eigenvalue weighted by Gasteiger charge is 2.28. The van der Waals surface area contributed by atoms with Crippen LogP contribution in [0.25, 0.3) is 0 Å². The molecule has 2 aromatic rings. The Hall–Kier alpha value is -1.27. The first-order valence-electron chi connectivity index (χ1n) is 8.24. The second-order valence-electron chi connectivity index (χ2n) is 5.59. The predicted molar refractivity (Wildman–Crippen MR) is 102 cm³/mol. The molecule has 1 saturated heterocycles. The Morgan fingerprint density at radius 2 is 2.12 bits per heavy atom. The van der Waals surface area contributed by atoms with Crippen molar-refractivity contribution in [1.82, 2.24) is 5.32 Å². The molecular weight excluding hydrogens is 361 g/mol. The van der Waals surface area contributed by atoms with Crippen LogP contribution in [0.15, 0.2) is 53.4 Å². The summed E-state index contributed by atoms with van der Waals surface area (Å²) in [5, 5.41) is 3.36. The van der Waals surface area contributed by atoms with Crippen molar-refractivity contribution < 1.29 is 13.9 Å². The molecule has 25 heavy (non-hydrogen) atoms. The lowest BCUT2D eigenvalue weighted by atomic mass is 10.1. The summed E-state index contributed by atoms with van der Waals surface area (Å²) < 4.78 is 25.4. The Morgan fingerprint density at radius 1 is 1.28 bits per heavy atom. The van der Waals surface area contributed by atoms with Gasteiger partial charge < -0.3 is 14.8 Å². The molecule has 0 amide bonds. The lowest BCUT2D eigenvalue weighted by Gasteiger charge is -2.31. The molecule has 2 atom stereocenters. The standard InChI is InChI=1S/C19H22FNO2S.ClH/c1-2-22-16-8-3-4-9-18(16)24-19(17-13-21-10-11-23-17)14-6-5-7-15(20)12-14;/h3-9,12,17,19,21H,2,10-11,13H2,1H3;1H/t17-,19?;/m1./s1. The summed E-state index contributed by atoms with van der Waals surface area (Å²) in [4.78, 5) is 1.04. The Kier molecular flexibility index (Phi) is 8.03. The van der Waals surface area contributed by atoms with E-state index in [0.29, 0.717) is 13.2 Å². The van der Waals surface area contributed by atoms with Gasteiger partial charge in [-0.3, -0.25) is 0 Å². The maximum atomic E-state index is 13.7. The molecule has 1 N–H and O–H groups in total. The van der Waals surface area contributed by atoms with Crippen LogP contribution >= 0.6 is 24.2 Å². The minimum Gasteiger partial charge on any atom is -0.493 e. The molecule has 6 heteroatoms. The van der Waals surface area contributed by atoms with Gasteiger partial charge in [-0.25, -0.2) is 4.39 Å². The number of hydrogen-bond acceptors (Lipinski definition) is 4. The topological polar surface area (TPSA) is 30.5 Å². The van der Waals surface area contributed by atoms with E-state index in [1.807, 2.05) is 37.3 Å². The van der Waals surface area contributed by atoms with Crippen molar-refractivity contribution in [3.63, 3.8) is 0 Å². The monoisotopic (exact) mass is 383 g/mol. The fourth-order valence-corrected chi connectivity index (χ4v) is 4.06. The van der Waals surface area contributed by atoms with Gasteiger partial charge in [-0.2, -0.15) is 0 Å². The van der Waals surface area contributed by atoms with Gasteiger partial charge in [0.1, 0.15) is 11.6 Å². The molecule has 0 aromatic heterocycles. The van der Waals surface area contributed by atoms with Crippen LogP contribution in [-0.2, 0) is 4.74 Å². The lowest BCUT2D eigenvalue weighted by molar-refractivity contribution is 0.0273. The molecule has 0 radical (unpaired) electrons. The first-order valence-corrected chi connectivity index (χ1v) is 9.12. The van der Waals surface area contributed by atoms with E-state index in [9.17, 15) is 4.39 Å². The molecule has 1 aliphatic rings. The molecule has 1 unspecified atom stereocenters. The number of hydrogen-bond donors (Lipinski definition) is 1. The summed E-state index contributed by atoms with van der Waals surface area (Å²) in [7, 11) is 0. The first-order chi connectivity index (χ1) is 11.8. The number of halogens is 2. The van der Waals surface area contributed by atoms with E-state index in [1.54, 1.807) is 23.9 Å². The number of nitrogens with one attached hydrogen (secondary N) is 1. The van der Waals surface area contributed by atoms with Crippen LogP contribution in [0.2, 0.25) is 0 Å². The van der Waals surface area contributed by atoms with Gasteiger partial charge in [0.15, 0.2) is 0 Å². The largest absolute Gasteiger partial charge is 0.493 e. The first kappa shape index (κ1) is 20.0. The molecule has 3 rings (SSSR count). The van der Waals surface area contributed by atoms with Crippen molar-refractivity contribution >= 4 is 24.2 Å². The Labute approximate surface area is 158 Å². The molecule has 0 bridgehead atoms. The van der Waals surface area contributed by atoms with Crippen molar-refractivity contribution in [2.75, 3.05) is 26.3 Å². The highest BCUT2D eigenvalue weighted by molar-refractivity contribution is 7.99. The quantitative estimate of drug-likeness (QED) is 0.745. The van der Waals surface area contributed by atoms with Crippen LogP contribution in [0.5, 0.6) is 5.75 Å². The minimum atomic E-state index is -0.222. The maximum absolute atomic E-state index is 13.7. The van der Waals surface area contributed by atoms with E-state index in [0.717, 1.165) is 29.3 Å². The van der Waals surface area contributed by atoms with Crippen molar-refractivity contribution in [2.45, 2.75) is 23.2 Å². The average molecular weight is 384 g/mol. The van der Waals surface area contributed by atoms with Gasteiger partial charge in [-0.15, -0.1) is 24.2 Å². The van der Waals surface area contributed by atoms with Crippen LogP contribution < -0.4 is 10.1 Å². The summed E-state index contributed by atoms with van der Waals surface area (Å²) in [6, 6.07) is 14.7. The van der Waals surface area contributed by atoms with Crippen molar-refractivity contribution in [3.05, 3.63) is 59.9 Å². The molecule has 0 spiro atoms. The zero-order chi connectivity index (χ0) is 16.8. The number of ether oxygens (including phenoxy) is 2. The highest BCUT2D eigenvalue weighted by atomic mass is 35.5. The molecular formula is C19H23ClFNO2S. The molecule has 2 aromatic carbocycles. The summed E-state index contributed by atoms with van der Waals surface area (Å²) in [6.07, 6.45) is -0.0137. The van der Waals surface area contributed by atoms with Gasteiger partial charge in [0.05, 0.1) is 29.5 Å². The van der Waals surface area contributed by atoms with Gasteiger partial charge in [-0.1, -0.05) is 24.3 Å². The number of benzene rings is 2. The lowest BCUT2D eigenvalue weighted by Crippen LogP contribution is -2.41. The Bertz CT molecular complexity index is 667. The van der Waals surface area contributed by atoms with E-state index in [4.69, 9.17) is 9.47 Å². The Balaban J connectivity index is 0.00000225. The van der Waals surface area contributed by atoms with Crippen LogP contribution in [0.4, 0.5) is 4.39 Å². The van der Waals surface area contributed by atoms with E-state index in [2.05, 4.69) is 5.32 Å². The third-order valence-electron chi connectivity index (χ3n) is 3.87. The zero-order valence-corrected chi connectivity index (χ0v) is 15.7. The van der Waals surface area contributed by atoms with Crippen molar-refractivity contribution in [2.24, 2.45) is 0 Å². The molecule has 136 valence electrons. The van der Waals surface area contributed by atoms with E-state index < -0.39 is 0 Å². The number of rotatable bonds is 6. The minimum absolute atomic E-state index is 0. The van der Waals surface area contributed by atoms with E-state index >= 15 is 0 Å². The predicted octanol–water partition coefficient (Wildman–Crippen LogP) is 4.47. The summed E-state index contributed by atoms with van der Waals surface area (Å²) in [6.45, 7) is 4.87. The van der Waals surface area contributed by atoms with Gasteiger partial charge >= 0.3 is 0 Å². The third-order valence-corrected chi connectivity index (χ3v) is 5.29. The molecule has 3 nitrogen and oxygen atoms in total. The van der Waals surface area contributed by atoms with Crippen LogP contribution in [0.1, 0.15) is 17.7 Å². The van der Waals surface area contributed by atoms with Gasteiger partial charge in [-0.05, 0) is 36.8 Å². The Morgan fingerprint density at radius 3 is 2.84 bits per heavy atom. The second kappa shape index (κ2) is 10.0. The molecule has 1 heterocycles. The highest BCUT2D eigenvalue weighted by Crippen LogP contribution is 2.43. The normalized spacial score (nSPS) is 18.2. The smallest absolute Gasteiger partial charge is 0.132 e. The van der Waals surface area contributed by atoms with Gasteiger partial charge in [0.25, 0.3) is 0 Å². The third kappa shape index (κ3) is 5.35. The second-order valence-corrected chi connectivity index (χ2v) is 6.77. The van der Waals surface area contributed by atoms with E-state index in [1.165, 1.54) is 6.07 Å². The summed E-state index contributed by atoms with van der Waals surface area (Å²) in [5.74, 6) is 0.634. The SMILES string of the molecule is CCOc1ccccc1SC(c1cccc(F)c1)[C@H]1CNCCO1.Cl. The fourth-order valence-electron chi connectivity index (χ4n) is 2.78. The van der Waals surface area contributed by atoms with Crippen LogP contribution in [-0.4, -0.2) is 32.4 Å². The van der Waals surface area contributed by atoms with Crippen molar-refractivity contribution in [3.8, 4) is 5.75 Å². The summed E-state index contributed by atoms with van der Waals surface area (Å²) in [5.41, 5.74) is 0.931. The number of morpholine rings is 1. The number of thioether (sulfide) groups is 1. The van der Waals surface area contributed by atoms with Crippen LogP contribution in [0.3, 0.4) is 0 Å². The molecule has 1 aliphatic heterocycles. The summed E-state index contributed by atoms with van der Waals surface area (Å²) >= 11 is 1.67. The van der Waals surface area contributed by atoms with E-state index in [-0.39, 0.29) is 29.6 Å². The van der Waals surface area contributed by atoms with Crippen molar-refractivity contribution in [1.29, 1.82) is 0 Å². The molecule has 1 fully saturated rings. The average Bonchev–Trinajstić information content (AvgIpc) is 2.62. The van der Waals surface area contributed by atoms with Gasteiger partial charge in [0.2, 0.25) is 0 Å². The van der Waals surface area contributed by atoms with Crippen LogP contribution in [0, 0.1) is 5.82 Å². The number of para-hydroxylation sites is 1. The molecule has 0 aliphatic carbocycles. The fraction of sp³-hybridized carbons (Fsp3) is 0.368. The maximum Gasteiger partial charge on any atom is 0.132 e. The molecule has 0 saturated carbocycles.